The Balaban J connectivity index is 2.43. The fourth-order valence-electron chi connectivity index (χ4n) is 0.433. The molecule has 0 amide bonds. The molecule has 9 heavy (non-hydrogen) atoms. The predicted molar refractivity (Wildman–Crippen MR) is 30.0 cm³/mol. The summed E-state index contributed by atoms with van der Waals surface area (Å²) in [6, 6.07) is 0. The summed E-state index contributed by atoms with van der Waals surface area (Å²) in [5, 5.41) is 8.23. The number of aliphatic hydroxyl groups is 1. The predicted octanol–water partition coefficient (Wildman–Crippen LogP) is -0.172. The third-order valence-electron chi connectivity index (χ3n) is 0.763. The largest absolute Gasteiger partial charge is 0.460 e. The Morgan fingerprint density at radius 3 is 3.22 bits per heavy atom. The van der Waals surface area contributed by atoms with Crippen LogP contribution in [0.15, 0.2) is 12.0 Å². The molecule has 0 bridgehead atoms. The first kappa shape index (κ1) is 5.99. The standard InChI is InChI=1S/C6H6O3/c7-3-1-2-6-4-8-5-9-6/h4,7H,3,5H2. The maximum atomic E-state index is 8.23. The molecule has 0 saturated heterocycles. The third kappa shape index (κ3) is 1.67. The first-order valence-electron chi connectivity index (χ1n) is 2.48. The molecule has 0 spiro atoms. The molecule has 0 atom stereocenters. The highest BCUT2D eigenvalue weighted by atomic mass is 16.7. The van der Waals surface area contributed by atoms with Crippen LogP contribution in [0.1, 0.15) is 0 Å². The van der Waals surface area contributed by atoms with E-state index in [-0.39, 0.29) is 13.4 Å². The highest BCUT2D eigenvalue weighted by molar-refractivity contribution is 5.22. The highest BCUT2D eigenvalue weighted by Crippen LogP contribution is 2.03. The van der Waals surface area contributed by atoms with Crippen LogP contribution in [0.5, 0.6) is 0 Å². The number of ether oxygens (including phenoxy) is 2. The van der Waals surface area contributed by atoms with E-state index < -0.39 is 0 Å². The Morgan fingerprint density at radius 2 is 2.67 bits per heavy atom. The van der Waals surface area contributed by atoms with Gasteiger partial charge in [-0.05, 0) is 5.92 Å². The molecule has 1 rings (SSSR count). The van der Waals surface area contributed by atoms with E-state index in [0.717, 1.165) is 0 Å². The van der Waals surface area contributed by atoms with Crippen LogP contribution in [0.3, 0.4) is 0 Å². The Labute approximate surface area is 52.9 Å². The molecule has 48 valence electrons. The molecule has 0 aromatic carbocycles. The zero-order chi connectivity index (χ0) is 6.53. The minimum atomic E-state index is -0.152. The fourth-order valence-corrected chi connectivity index (χ4v) is 0.433. The van der Waals surface area contributed by atoms with Crippen LogP contribution in [-0.4, -0.2) is 18.5 Å². The second-order valence-corrected chi connectivity index (χ2v) is 1.37. The molecule has 0 saturated carbocycles. The molecule has 0 aromatic rings. The third-order valence-corrected chi connectivity index (χ3v) is 0.763. The first-order valence-corrected chi connectivity index (χ1v) is 2.48. The van der Waals surface area contributed by atoms with Crippen molar-refractivity contribution in [2.24, 2.45) is 0 Å². The van der Waals surface area contributed by atoms with Gasteiger partial charge in [0.2, 0.25) is 12.6 Å². The van der Waals surface area contributed by atoms with Gasteiger partial charge in [0.1, 0.15) is 12.9 Å². The van der Waals surface area contributed by atoms with Gasteiger partial charge in [-0.2, -0.15) is 0 Å². The molecule has 0 unspecified atom stereocenters. The van der Waals surface area contributed by atoms with Crippen molar-refractivity contribution < 1.29 is 14.6 Å². The van der Waals surface area contributed by atoms with E-state index in [4.69, 9.17) is 9.84 Å². The van der Waals surface area contributed by atoms with E-state index in [1.807, 2.05) is 0 Å². The van der Waals surface area contributed by atoms with Gasteiger partial charge in [-0.1, -0.05) is 5.92 Å². The van der Waals surface area contributed by atoms with Crippen LogP contribution in [-0.2, 0) is 9.47 Å². The SMILES string of the molecule is OCC#CC1=COCO1. The number of aliphatic hydroxyl groups excluding tert-OH is 1. The lowest BCUT2D eigenvalue weighted by Crippen LogP contribution is -1.82. The number of hydrogen-bond donors (Lipinski definition) is 1. The van der Waals surface area contributed by atoms with E-state index in [0.29, 0.717) is 5.76 Å². The summed E-state index contributed by atoms with van der Waals surface area (Å²) in [7, 11) is 0. The normalized spacial score (nSPS) is 14.6. The summed E-state index contributed by atoms with van der Waals surface area (Å²) in [5.74, 6) is 5.44. The molecule has 1 N–H and O–H groups in total. The minimum absolute atomic E-state index is 0.152. The lowest BCUT2D eigenvalue weighted by molar-refractivity contribution is 0.0854. The van der Waals surface area contributed by atoms with Crippen LogP contribution in [0.25, 0.3) is 0 Å². The van der Waals surface area contributed by atoms with Gasteiger partial charge in [-0.25, -0.2) is 0 Å². The maximum Gasteiger partial charge on any atom is 0.231 e. The van der Waals surface area contributed by atoms with Crippen LogP contribution in [0.2, 0.25) is 0 Å². The summed E-state index contributed by atoms with van der Waals surface area (Å²) in [6.07, 6.45) is 1.42. The van der Waals surface area contributed by atoms with Gasteiger partial charge in [0.25, 0.3) is 0 Å². The first-order chi connectivity index (χ1) is 4.43. The van der Waals surface area contributed by atoms with Crippen LogP contribution < -0.4 is 0 Å². The van der Waals surface area contributed by atoms with Crippen molar-refractivity contribution in [1.29, 1.82) is 0 Å². The van der Waals surface area contributed by atoms with E-state index in [2.05, 4.69) is 16.6 Å². The van der Waals surface area contributed by atoms with Gasteiger partial charge < -0.3 is 14.6 Å². The molecule has 3 heteroatoms. The quantitative estimate of drug-likeness (QED) is 0.458. The fraction of sp³-hybridized carbons (Fsp3) is 0.333. The molecular formula is C6H6O3. The van der Waals surface area contributed by atoms with Gasteiger partial charge in [0.05, 0.1) is 0 Å². The smallest absolute Gasteiger partial charge is 0.231 e. The van der Waals surface area contributed by atoms with Gasteiger partial charge in [-0.15, -0.1) is 0 Å². The second kappa shape index (κ2) is 3.00. The summed E-state index contributed by atoms with van der Waals surface area (Å²) < 4.78 is 9.49. The minimum Gasteiger partial charge on any atom is -0.460 e. The molecular weight excluding hydrogens is 120 g/mol. The van der Waals surface area contributed by atoms with Gasteiger partial charge in [-0.3, -0.25) is 0 Å². The number of allylic oxidation sites excluding steroid dienone is 1. The summed E-state index contributed by atoms with van der Waals surface area (Å²) in [5.41, 5.74) is 0. The Hall–Kier alpha value is -1.14. The maximum absolute atomic E-state index is 8.23. The zero-order valence-electron chi connectivity index (χ0n) is 4.76. The molecule has 1 aliphatic heterocycles. The summed E-state index contributed by atoms with van der Waals surface area (Å²) in [6.45, 7) is 0.0795. The summed E-state index contributed by atoms with van der Waals surface area (Å²) >= 11 is 0. The zero-order valence-corrected chi connectivity index (χ0v) is 4.76. The van der Waals surface area contributed by atoms with Crippen molar-refractivity contribution in [3.05, 3.63) is 12.0 Å². The van der Waals surface area contributed by atoms with E-state index in [1.165, 1.54) is 6.26 Å². The van der Waals surface area contributed by atoms with Crippen LogP contribution >= 0.6 is 0 Å². The average molecular weight is 126 g/mol. The molecule has 0 aromatic heterocycles. The van der Waals surface area contributed by atoms with Crippen molar-refractivity contribution in [3.63, 3.8) is 0 Å². The van der Waals surface area contributed by atoms with Crippen molar-refractivity contribution in [3.8, 4) is 11.8 Å². The van der Waals surface area contributed by atoms with Crippen LogP contribution in [0, 0.1) is 11.8 Å². The molecule has 0 fully saturated rings. The lowest BCUT2D eigenvalue weighted by Gasteiger charge is -1.87. The van der Waals surface area contributed by atoms with Gasteiger partial charge >= 0.3 is 0 Å². The second-order valence-electron chi connectivity index (χ2n) is 1.37. The van der Waals surface area contributed by atoms with Gasteiger partial charge in [0, 0.05) is 0 Å². The molecule has 1 heterocycles. The molecule has 1 aliphatic rings. The monoisotopic (exact) mass is 126 g/mol. The van der Waals surface area contributed by atoms with Crippen molar-refractivity contribution in [2.75, 3.05) is 13.4 Å². The van der Waals surface area contributed by atoms with E-state index in [9.17, 15) is 0 Å². The topological polar surface area (TPSA) is 38.7 Å². The number of rotatable bonds is 0. The van der Waals surface area contributed by atoms with Crippen molar-refractivity contribution in [1.82, 2.24) is 0 Å². The number of hydrogen-bond acceptors (Lipinski definition) is 3. The van der Waals surface area contributed by atoms with Gasteiger partial charge in [0.15, 0.2) is 0 Å². The van der Waals surface area contributed by atoms with E-state index >= 15 is 0 Å². The lowest BCUT2D eigenvalue weighted by atomic mass is 10.5. The van der Waals surface area contributed by atoms with Crippen LogP contribution in [0.4, 0.5) is 0 Å². The Kier molecular flexibility index (Phi) is 2.00. The van der Waals surface area contributed by atoms with Crippen molar-refractivity contribution in [2.45, 2.75) is 0 Å². The molecule has 3 nitrogen and oxygen atoms in total. The Morgan fingerprint density at radius 1 is 1.78 bits per heavy atom. The summed E-state index contributed by atoms with van der Waals surface area (Å²) in [4.78, 5) is 0. The van der Waals surface area contributed by atoms with E-state index in [1.54, 1.807) is 0 Å². The highest BCUT2D eigenvalue weighted by Gasteiger charge is 1.99. The average Bonchev–Trinajstić information content (AvgIpc) is 2.34. The Bertz CT molecular complexity index is 172. The molecule has 0 radical (unpaired) electrons. The van der Waals surface area contributed by atoms with Crippen molar-refractivity contribution >= 4 is 0 Å². The molecule has 0 aliphatic carbocycles.